The van der Waals surface area contributed by atoms with E-state index in [-0.39, 0.29) is 0 Å². The molecule has 0 aliphatic heterocycles. The van der Waals surface area contributed by atoms with Gasteiger partial charge in [0.15, 0.2) is 0 Å². The van der Waals surface area contributed by atoms with Crippen molar-refractivity contribution in [1.82, 2.24) is 5.32 Å². The van der Waals surface area contributed by atoms with Gasteiger partial charge in [0.25, 0.3) is 0 Å². The smallest absolute Gasteiger partial charge is 0.0252 e. The molecule has 2 unspecified atom stereocenters. The minimum Gasteiger partial charge on any atom is -0.308 e. The van der Waals surface area contributed by atoms with Crippen molar-refractivity contribution in [3.05, 3.63) is 12.2 Å². The minimum atomic E-state index is 0.557. The van der Waals surface area contributed by atoms with Gasteiger partial charge in [-0.2, -0.15) is 0 Å². The predicted octanol–water partition coefficient (Wildman–Crippen LogP) is 4.43. The molecule has 1 N–H and O–H groups in total. The van der Waals surface area contributed by atoms with Crippen LogP contribution in [-0.4, -0.2) is 12.1 Å². The van der Waals surface area contributed by atoms with Crippen molar-refractivity contribution in [2.45, 2.75) is 83.7 Å². The molecule has 2 aliphatic rings. The summed E-state index contributed by atoms with van der Waals surface area (Å²) in [6.07, 6.45) is 17.2. The van der Waals surface area contributed by atoms with Gasteiger partial charge in [0, 0.05) is 12.1 Å². The summed E-state index contributed by atoms with van der Waals surface area (Å²) < 4.78 is 0. The Labute approximate surface area is 107 Å². The van der Waals surface area contributed by atoms with E-state index >= 15 is 0 Å². The fourth-order valence-electron chi connectivity index (χ4n) is 3.44. The van der Waals surface area contributed by atoms with Crippen LogP contribution in [0.3, 0.4) is 0 Å². The second kappa shape index (κ2) is 6.04. The van der Waals surface area contributed by atoms with Gasteiger partial charge < -0.3 is 5.32 Å². The monoisotopic (exact) mass is 235 g/mol. The standard InChI is InChI=1S/C16H29N/c1-16(2)12-8-11-15(13-16)17-14-9-6-4-3-5-7-10-14/h6,9,14-15,17H,3-5,7-8,10-13H2,1-2H3/b9-6+. The number of hydrogen-bond acceptors (Lipinski definition) is 1. The molecular weight excluding hydrogens is 206 g/mol. The van der Waals surface area contributed by atoms with E-state index in [1.54, 1.807) is 0 Å². The van der Waals surface area contributed by atoms with E-state index in [9.17, 15) is 0 Å². The third-order valence-electron chi connectivity index (χ3n) is 4.41. The highest BCUT2D eigenvalue weighted by Gasteiger charge is 2.28. The van der Waals surface area contributed by atoms with Crippen LogP contribution in [-0.2, 0) is 0 Å². The van der Waals surface area contributed by atoms with Crippen LogP contribution in [0.1, 0.15) is 71.6 Å². The Morgan fingerprint density at radius 3 is 2.76 bits per heavy atom. The third-order valence-corrected chi connectivity index (χ3v) is 4.41. The van der Waals surface area contributed by atoms with E-state index < -0.39 is 0 Å². The molecule has 0 aromatic rings. The highest BCUT2D eigenvalue weighted by atomic mass is 14.9. The molecule has 17 heavy (non-hydrogen) atoms. The molecule has 0 spiro atoms. The molecule has 1 heteroatoms. The van der Waals surface area contributed by atoms with Crippen molar-refractivity contribution in [3.8, 4) is 0 Å². The van der Waals surface area contributed by atoms with E-state index in [1.165, 1.54) is 57.8 Å². The van der Waals surface area contributed by atoms with Crippen LogP contribution in [0.5, 0.6) is 0 Å². The first-order chi connectivity index (χ1) is 8.16. The van der Waals surface area contributed by atoms with Crippen LogP contribution in [0.15, 0.2) is 12.2 Å². The van der Waals surface area contributed by atoms with Crippen molar-refractivity contribution in [2.75, 3.05) is 0 Å². The predicted molar refractivity (Wildman–Crippen MR) is 75.2 cm³/mol. The maximum atomic E-state index is 3.89. The molecule has 0 heterocycles. The van der Waals surface area contributed by atoms with E-state index in [4.69, 9.17) is 0 Å². The lowest BCUT2D eigenvalue weighted by Gasteiger charge is -2.37. The fraction of sp³-hybridized carbons (Fsp3) is 0.875. The molecule has 0 saturated heterocycles. The van der Waals surface area contributed by atoms with Crippen molar-refractivity contribution in [1.29, 1.82) is 0 Å². The molecule has 0 aromatic carbocycles. The van der Waals surface area contributed by atoms with Crippen LogP contribution in [0, 0.1) is 5.41 Å². The SMILES string of the molecule is CC1(C)CCCC(NC2/C=C/CCCCC2)C1. The zero-order valence-corrected chi connectivity index (χ0v) is 11.7. The number of rotatable bonds is 2. The van der Waals surface area contributed by atoms with Crippen LogP contribution in [0.4, 0.5) is 0 Å². The maximum Gasteiger partial charge on any atom is 0.0252 e. The molecule has 98 valence electrons. The van der Waals surface area contributed by atoms with Gasteiger partial charge in [-0.1, -0.05) is 45.3 Å². The third kappa shape index (κ3) is 4.46. The summed E-state index contributed by atoms with van der Waals surface area (Å²) in [6.45, 7) is 4.85. The van der Waals surface area contributed by atoms with Crippen LogP contribution in [0.2, 0.25) is 0 Å². The van der Waals surface area contributed by atoms with Crippen molar-refractivity contribution in [3.63, 3.8) is 0 Å². The molecule has 1 nitrogen and oxygen atoms in total. The normalized spacial score (nSPS) is 35.9. The molecule has 1 fully saturated rings. The number of hydrogen-bond donors (Lipinski definition) is 1. The fourth-order valence-corrected chi connectivity index (χ4v) is 3.44. The summed E-state index contributed by atoms with van der Waals surface area (Å²) in [5.41, 5.74) is 0.557. The van der Waals surface area contributed by atoms with Crippen LogP contribution in [0.25, 0.3) is 0 Å². The Balaban J connectivity index is 1.84. The molecule has 0 bridgehead atoms. The highest BCUT2D eigenvalue weighted by molar-refractivity contribution is 4.97. The van der Waals surface area contributed by atoms with Gasteiger partial charge in [0.2, 0.25) is 0 Å². The van der Waals surface area contributed by atoms with Gasteiger partial charge in [0.05, 0.1) is 0 Å². The van der Waals surface area contributed by atoms with Crippen molar-refractivity contribution < 1.29 is 0 Å². The zero-order valence-electron chi connectivity index (χ0n) is 11.7. The summed E-state index contributed by atoms with van der Waals surface area (Å²) in [7, 11) is 0. The van der Waals surface area contributed by atoms with Crippen molar-refractivity contribution >= 4 is 0 Å². The lowest BCUT2D eigenvalue weighted by molar-refractivity contribution is 0.192. The van der Waals surface area contributed by atoms with Crippen LogP contribution >= 0.6 is 0 Å². The first-order valence-corrected chi connectivity index (χ1v) is 7.58. The molecule has 0 aromatic heterocycles. The Hall–Kier alpha value is -0.300. The maximum absolute atomic E-state index is 3.89. The Morgan fingerprint density at radius 1 is 1.06 bits per heavy atom. The zero-order chi connectivity index (χ0) is 12.1. The Bertz CT molecular complexity index is 254. The number of allylic oxidation sites excluding steroid dienone is 1. The van der Waals surface area contributed by atoms with Gasteiger partial charge in [-0.3, -0.25) is 0 Å². The Morgan fingerprint density at radius 2 is 1.94 bits per heavy atom. The van der Waals surface area contributed by atoms with Gasteiger partial charge in [-0.05, 0) is 43.9 Å². The molecule has 2 aliphatic carbocycles. The summed E-state index contributed by atoms with van der Waals surface area (Å²) in [4.78, 5) is 0. The topological polar surface area (TPSA) is 12.0 Å². The lowest BCUT2D eigenvalue weighted by atomic mass is 9.75. The second-order valence-corrected chi connectivity index (χ2v) is 6.80. The second-order valence-electron chi connectivity index (χ2n) is 6.80. The molecule has 1 saturated carbocycles. The van der Waals surface area contributed by atoms with E-state index in [0.29, 0.717) is 11.5 Å². The summed E-state index contributed by atoms with van der Waals surface area (Å²) in [6, 6.07) is 1.40. The summed E-state index contributed by atoms with van der Waals surface area (Å²) in [5, 5.41) is 3.89. The first kappa shape index (κ1) is 13.1. The van der Waals surface area contributed by atoms with Gasteiger partial charge in [-0.15, -0.1) is 0 Å². The minimum absolute atomic E-state index is 0.557. The molecular formula is C16H29N. The lowest BCUT2D eigenvalue weighted by Crippen LogP contribution is -2.42. The van der Waals surface area contributed by atoms with Crippen molar-refractivity contribution in [2.24, 2.45) is 5.41 Å². The summed E-state index contributed by atoms with van der Waals surface area (Å²) >= 11 is 0. The van der Waals surface area contributed by atoms with Gasteiger partial charge in [-0.25, -0.2) is 0 Å². The van der Waals surface area contributed by atoms with E-state index in [0.717, 1.165) is 6.04 Å². The average Bonchev–Trinajstić information content (AvgIpc) is 2.20. The van der Waals surface area contributed by atoms with Gasteiger partial charge in [0.1, 0.15) is 0 Å². The summed E-state index contributed by atoms with van der Waals surface area (Å²) in [5.74, 6) is 0. The van der Waals surface area contributed by atoms with E-state index in [2.05, 4.69) is 31.3 Å². The van der Waals surface area contributed by atoms with Gasteiger partial charge >= 0.3 is 0 Å². The molecule has 2 rings (SSSR count). The highest BCUT2D eigenvalue weighted by Crippen LogP contribution is 2.35. The number of nitrogens with one attached hydrogen (secondary N) is 1. The average molecular weight is 235 g/mol. The Kier molecular flexibility index (Phi) is 4.67. The molecule has 2 atom stereocenters. The molecule has 0 amide bonds. The van der Waals surface area contributed by atoms with Crippen LogP contribution < -0.4 is 5.32 Å². The van der Waals surface area contributed by atoms with E-state index in [1.807, 2.05) is 0 Å². The largest absolute Gasteiger partial charge is 0.308 e. The first-order valence-electron chi connectivity index (χ1n) is 7.58. The quantitative estimate of drug-likeness (QED) is 0.698. The molecule has 0 radical (unpaired) electrons.